The second-order valence-electron chi connectivity index (χ2n) is 8.90. The first-order chi connectivity index (χ1) is 17.3. The molecule has 1 unspecified atom stereocenters. The van der Waals surface area contributed by atoms with E-state index in [1.807, 2.05) is 11.8 Å². The van der Waals surface area contributed by atoms with Gasteiger partial charge in [0.05, 0.1) is 23.2 Å². The molecule has 2 heterocycles. The molecule has 4 atom stereocenters. The lowest BCUT2D eigenvalue weighted by atomic mass is 10.0. The van der Waals surface area contributed by atoms with Crippen LogP contribution in [-0.4, -0.2) is 47.1 Å². The topological polar surface area (TPSA) is 140 Å². The van der Waals surface area contributed by atoms with E-state index in [0.717, 1.165) is 30.6 Å². The van der Waals surface area contributed by atoms with Crippen LogP contribution in [0, 0.1) is 10.1 Å². The summed E-state index contributed by atoms with van der Waals surface area (Å²) in [5.41, 5.74) is 1.34. The van der Waals surface area contributed by atoms with Gasteiger partial charge in [-0.05, 0) is 42.7 Å². The van der Waals surface area contributed by atoms with Crippen LogP contribution < -0.4 is 21.3 Å². The number of nitro groups is 1. The van der Waals surface area contributed by atoms with Gasteiger partial charge >= 0.3 is 6.03 Å². The molecule has 0 radical (unpaired) electrons. The molecule has 0 bridgehead atoms. The van der Waals surface area contributed by atoms with Gasteiger partial charge in [0.25, 0.3) is 5.69 Å². The largest absolute Gasteiger partial charge is 0.332 e. The summed E-state index contributed by atoms with van der Waals surface area (Å²) in [6.07, 6.45) is 3.19. The third kappa shape index (κ3) is 6.27. The smallest absolute Gasteiger partial charge is 0.315 e. The van der Waals surface area contributed by atoms with Crippen molar-refractivity contribution in [2.45, 2.75) is 49.2 Å². The molecular weight excluding hydrogens is 503 g/mol. The first-order valence-corrected chi connectivity index (χ1v) is 14.6. The van der Waals surface area contributed by atoms with Crippen molar-refractivity contribution in [3.05, 3.63) is 64.2 Å². The second-order valence-corrected chi connectivity index (χ2v) is 12.7. The lowest BCUT2D eigenvalue weighted by molar-refractivity contribution is -0.384. The quantitative estimate of drug-likeness (QED) is 0.131. The van der Waals surface area contributed by atoms with Crippen molar-refractivity contribution >= 4 is 47.7 Å². The molecular formula is C24H29N4O6PS. The van der Waals surface area contributed by atoms with Gasteiger partial charge in [0, 0.05) is 47.7 Å². The van der Waals surface area contributed by atoms with E-state index in [1.165, 1.54) is 31.4 Å². The molecule has 10 nitrogen and oxygen atoms in total. The lowest BCUT2D eigenvalue weighted by Crippen LogP contribution is -2.36. The number of anilines is 1. The summed E-state index contributed by atoms with van der Waals surface area (Å²) in [6, 6.07) is 12.9. The highest BCUT2D eigenvalue weighted by molar-refractivity contribution is 8.00. The van der Waals surface area contributed by atoms with Gasteiger partial charge in [-0.1, -0.05) is 18.6 Å². The number of fused-ring (bicyclic) bond motifs is 1. The van der Waals surface area contributed by atoms with Gasteiger partial charge in [0.2, 0.25) is 13.3 Å². The first kappa shape index (κ1) is 26.2. The van der Waals surface area contributed by atoms with Gasteiger partial charge < -0.3 is 20.5 Å². The minimum absolute atomic E-state index is 0.0658. The predicted molar refractivity (Wildman–Crippen MR) is 140 cm³/mol. The van der Waals surface area contributed by atoms with E-state index in [-0.39, 0.29) is 35.9 Å². The van der Waals surface area contributed by atoms with Crippen molar-refractivity contribution in [2.24, 2.45) is 0 Å². The molecule has 2 saturated heterocycles. The molecule has 36 heavy (non-hydrogen) atoms. The minimum atomic E-state index is -3.24. The monoisotopic (exact) mass is 532 g/mol. The predicted octanol–water partition coefficient (Wildman–Crippen LogP) is 4.01. The molecule has 2 aliphatic heterocycles. The van der Waals surface area contributed by atoms with E-state index in [4.69, 9.17) is 4.52 Å². The Morgan fingerprint density at radius 1 is 1.17 bits per heavy atom. The summed E-state index contributed by atoms with van der Waals surface area (Å²) in [4.78, 5) is 34.2. The third-order valence-electron chi connectivity index (χ3n) is 6.46. The second kappa shape index (κ2) is 11.5. The maximum atomic E-state index is 13.3. The van der Waals surface area contributed by atoms with Crippen LogP contribution in [0.4, 0.5) is 16.2 Å². The van der Waals surface area contributed by atoms with Crippen LogP contribution in [0.15, 0.2) is 48.5 Å². The molecule has 0 spiro atoms. The Bertz CT molecular complexity index is 1160. The zero-order valence-electron chi connectivity index (χ0n) is 19.8. The SMILES string of the molecule is COP(=O)(Cc1ccc(NC(=O)CCCC[C@@H]2SC[C@@H]3NC(=O)N[C@@H]32)cc1)c1ccc([N+](=O)[O-])cc1. The van der Waals surface area contributed by atoms with Crippen molar-refractivity contribution in [3.8, 4) is 0 Å². The highest BCUT2D eigenvalue weighted by Crippen LogP contribution is 2.48. The number of hydrogen-bond donors (Lipinski definition) is 3. The molecule has 3 N–H and O–H groups in total. The highest BCUT2D eigenvalue weighted by Gasteiger charge is 2.42. The number of amides is 3. The molecule has 0 saturated carbocycles. The number of carbonyl (C=O) groups is 2. The van der Waals surface area contributed by atoms with Crippen LogP contribution >= 0.6 is 19.1 Å². The van der Waals surface area contributed by atoms with Crippen molar-refractivity contribution in [1.29, 1.82) is 0 Å². The molecule has 2 aliphatic rings. The minimum Gasteiger partial charge on any atom is -0.332 e. The van der Waals surface area contributed by atoms with Crippen LogP contribution in [-0.2, 0) is 20.0 Å². The van der Waals surface area contributed by atoms with Gasteiger partial charge in [-0.3, -0.25) is 19.5 Å². The molecule has 0 aromatic heterocycles. The molecule has 2 aromatic carbocycles. The molecule has 12 heteroatoms. The van der Waals surface area contributed by atoms with E-state index in [1.54, 1.807) is 24.3 Å². The number of nitrogens with one attached hydrogen (secondary N) is 3. The van der Waals surface area contributed by atoms with Crippen LogP contribution in [0.3, 0.4) is 0 Å². The fraction of sp³-hybridized carbons (Fsp3) is 0.417. The van der Waals surface area contributed by atoms with Crippen molar-refractivity contribution in [3.63, 3.8) is 0 Å². The number of benzene rings is 2. The fourth-order valence-electron chi connectivity index (χ4n) is 4.49. The number of nitrogens with zero attached hydrogens (tertiary/aromatic N) is 1. The number of hydrogen-bond acceptors (Lipinski definition) is 7. The van der Waals surface area contributed by atoms with Gasteiger partial charge in [0.15, 0.2) is 0 Å². The van der Waals surface area contributed by atoms with Crippen LogP contribution in [0.2, 0.25) is 0 Å². The van der Waals surface area contributed by atoms with Gasteiger partial charge in [-0.2, -0.15) is 11.8 Å². The average Bonchev–Trinajstić information content (AvgIpc) is 3.42. The Labute approximate surface area is 213 Å². The van der Waals surface area contributed by atoms with Crippen molar-refractivity contribution < 1.29 is 23.6 Å². The Balaban J connectivity index is 1.23. The number of thioether (sulfide) groups is 1. The number of nitro benzene ring substituents is 1. The molecule has 3 amide bonds. The zero-order valence-corrected chi connectivity index (χ0v) is 21.6. The van der Waals surface area contributed by atoms with Gasteiger partial charge in [-0.15, -0.1) is 0 Å². The summed E-state index contributed by atoms with van der Waals surface area (Å²) in [7, 11) is -1.88. The maximum absolute atomic E-state index is 13.3. The van der Waals surface area contributed by atoms with E-state index in [9.17, 15) is 24.3 Å². The molecule has 4 rings (SSSR count). The fourth-order valence-corrected chi connectivity index (χ4v) is 7.86. The van der Waals surface area contributed by atoms with Gasteiger partial charge in [0.1, 0.15) is 0 Å². The van der Waals surface area contributed by atoms with E-state index in [2.05, 4.69) is 16.0 Å². The standard InChI is InChI=1S/C24H29N4O6PS/c1-34-35(33,19-12-10-18(11-13-19)28(31)32)14-16-6-8-17(9-7-16)25-22(29)5-3-2-4-21-23-20(15-36-21)26-24(30)27-23/h6-13,20-21,23H,2-5,14-15H2,1H3,(H,25,29)(H2,26,27,30)/t20-,21-,23-,35?/m0/s1. The Morgan fingerprint density at radius 2 is 1.89 bits per heavy atom. The summed E-state index contributed by atoms with van der Waals surface area (Å²) < 4.78 is 18.7. The summed E-state index contributed by atoms with van der Waals surface area (Å²) in [5, 5.41) is 20.5. The number of non-ortho nitro benzene ring substituents is 1. The average molecular weight is 533 g/mol. The maximum Gasteiger partial charge on any atom is 0.315 e. The van der Waals surface area contributed by atoms with Crippen molar-refractivity contribution in [1.82, 2.24) is 10.6 Å². The Morgan fingerprint density at radius 3 is 2.56 bits per heavy atom. The normalized spacial score (nSPS) is 22.2. The summed E-state index contributed by atoms with van der Waals surface area (Å²) >= 11 is 1.87. The van der Waals surface area contributed by atoms with Gasteiger partial charge in [-0.25, -0.2) is 4.79 Å². The highest BCUT2D eigenvalue weighted by atomic mass is 32.2. The zero-order chi connectivity index (χ0) is 25.7. The van der Waals surface area contributed by atoms with Crippen LogP contribution in [0.25, 0.3) is 0 Å². The first-order valence-electron chi connectivity index (χ1n) is 11.7. The molecule has 2 aromatic rings. The summed E-state index contributed by atoms with van der Waals surface area (Å²) in [5.74, 6) is 0.863. The number of unbranched alkanes of at least 4 members (excludes halogenated alkanes) is 1. The Kier molecular flexibility index (Phi) is 8.33. The third-order valence-corrected chi connectivity index (χ3v) is 10.4. The molecule has 0 aliphatic carbocycles. The van der Waals surface area contributed by atoms with E-state index in [0.29, 0.717) is 22.7 Å². The summed E-state index contributed by atoms with van der Waals surface area (Å²) in [6.45, 7) is 0. The lowest BCUT2D eigenvalue weighted by Gasteiger charge is -2.17. The number of urea groups is 1. The van der Waals surface area contributed by atoms with Crippen molar-refractivity contribution in [2.75, 3.05) is 18.2 Å². The number of rotatable bonds is 11. The Hall–Kier alpha value is -2.88. The molecule has 2 fully saturated rings. The molecule has 192 valence electrons. The van der Waals surface area contributed by atoms with E-state index < -0.39 is 12.3 Å². The van der Waals surface area contributed by atoms with Crippen LogP contribution in [0.5, 0.6) is 0 Å². The van der Waals surface area contributed by atoms with Crippen LogP contribution in [0.1, 0.15) is 31.2 Å². The van der Waals surface area contributed by atoms with E-state index >= 15 is 0 Å². The number of carbonyl (C=O) groups excluding carboxylic acids is 2.